The van der Waals surface area contributed by atoms with Crippen LogP contribution in [0.25, 0.3) is 22.9 Å². The van der Waals surface area contributed by atoms with E-state index in [1.165, 1.54) is 0 Å². The first kappa shape index (κ1) is 23.1. The zero-order valence-corrected chi connectivity index (χ0v) is 19.7. The lowest BCUT2D eigenvalue weighted by atomic mass is 10.1. The van der Waals surface area contributed by atoms with Crippen molar-refractivity contribution in [1.29, 1.82) is 0 Å². The Hall–Kier alpha value is -4.03. The van der Waals surface area contributed by atoms with E-state index in [2.05, 4.69) is 47.6 Å². The van der Waals surface area contributed by atoms with Crippen molar-refractivity contribution in [2.24, 2.45) is 0 Å². The monoisotopic (exact) mass is 467 g/mol. The van der Waals surface area contributed by atoms with Crippen LogP contribution < -0.4 is 5.32 Å². The Morgan fingerprint density at radius 1 is 1.06 bits per heavy atom. The van der Waals surface area contributed by atoms with E-state index < -0.39 is 5.97 Å². The van der Waals surface area contributed by atoms with Gasteiger partial charge in [-0.3, -0.25) is 4.79 Å². The predicted octanol–water partition coefficient (Wildman–Crippen LogP) is 6.78. The zero-order valence-electron chi connectivity index (χ0n) is 18.9. The third kappa shape index (κ3) is 5.85. The summed E-state index contributed by atoms with van der Waals surface area (Å²) in [4.78, 5) is 21.5. The number of carboxylic acid groups (broad SMARTS) is 1. The van der Waals surface area contributed by atoms with Crippen LogP contribution in [0.1, 0.15) is 27.9 Å². The Bertz CT molecular complexity index is 1330. The van der Waals surface area contributed by atoms with Crippen LogP contribution >= 0.6 is 11.3 Å². The Morgan fingerprint density at radius 3 is 2.50 bits per heavy atom. The third-order valence-electron chi connectivity index (χ3n) is 5.24. The topological polar surface area (TPSA) is 75.1 Å². The molecule has 2 heterocycles. The smallest absolute Gasteiger partial charge is 0.307 e. The van der Waals surface area contributed by atoms with Crippen molar-refractivity contribution in [3.8, 4) is 10.7 Å². The van der Waals surface area contributed by atoms with Crippen molar-refractivity contribution in [1.82, 2.24) is 9.97 Å². The van der Waals surface area contributed by atoms with E-state index >= 15 is 0 Å². The fourth-order valence-corrected chi connectivity index (χ4v) is 4.34. The van der Waals surface area contributed by atoms with Crippen LogP contribution in [0.5, 0.6) is 0 Å². The fourth-order valence-electron chi connectivity index (χ4n) is 3.53. The summed E-state index contributed by atoms with van der Waals surface area (Å²) in [5.41, 5.74) is 5.71. The second-order valence-electron chi connectivity index (χ2n) is 7.83. The summed E-state index contributed by atoms with van der Waals surface area (Å²) in [6.07, 6.45) is 6.65. The van der Waals surface area contributed by atoms with Gasteiger partial charge >= 0.3 is 5.97 Å². The molecule has 0 fully saturated rings. The third-order valence-corrected chi connectivity index (χ3v) is 6.19. The number of rotatable bonds is 9. The van der Waals surface area contributed by atoms with Crippen LogP contribution in [0.4, 0.5) is 11.5 Å². The predicted molar refractivity (Wildman–Crippen MR) is 140 cm³/mol. The van der Waals surface area contributed by atoms with Gasteiger partial charge in [0.25, 0.3) is 0 Å². The van der Waals surface area contributed by atoms with Gasteiger partial charge in [-0.1, -0.05) is 60.7 Å². The lowest BCUT2D eigenvalue weighted by molar-refractivity contribution is -0.136. The molecule has 2 aromatic heterocycles. The van der Waals surface area contributed by atoms with E-state index in [0.717, 1.165) is 44.3 Å². The summed E-state index contributed by atoms with van der Waals surface area (Å²) >= 11 is 1.61. The summed E-state index contributed by atoms with van der Waals surface area (Å²) in [5, 5.41) is 14.5. The van der Waals surface area contributed by atoms with Crippen molar-refractivity contribution < 1.29 is 9.90 Å². The molecule has 4 rings (SSSR count). The van der Waals surface area contributed by atoms with Crippen LogP contribution in [0.15, 0.2) is 78.7 Å². The first-order valence-corrected chi connectivity index (χ1v) is 11.8. The molecule has 0 radical (unpaired) electrons. The van der Waals surface area contributed by atoms with Gasteiger partial charge in [-0.25, -0.2) is 9.97 Å². The molecule has 0 amide bonds. The second-order valence-corrected chi connectivity index (χ2v) is 8.74. The number of aliphatic carboxylic acids is 1. The highest BCUT2D eigenvalue weighted by molar-refractivity contribution is 7.13. The zero-order chi connectivity index (χ0) is 23.9. The average Bonchev–Trinajstić information content (AvgIpc) is 3.30. The Kier molecular flexibility index (Phi) is 7.30. The number of hydrogen-bond donors (Lipinski definition) is 2. The molecule has 2 aromatic carbocycles. The van der Waals surface area contributed by atoms with Gasteiger partial charge in [-0.05, 0) is 53.6 Å². The number of thiophene rings is 1. The lowest BCUT2D eigenvalue weighted by Gasteiger charge is -2.14. The van der Waals surface area contributed by atoms with Gasteiger partial charge in [0, 0.05) is 16.9 Å². The molecule has 6 heteroatoms. The molecular weight excluding hydrogens is 442 g/mol. The molecule has 0 unspecified atom stereocenters. The molecule has 5 nitrogen and oxygen atoms in total. The maximum absolute atomic E-state index is 10.9. The highest BCUT2D eigenvalue weighted by Crippen LogP contribution is 2.30. The second kappa shape index (κ2) is 10.7. The van der Waals surface area contributed by atoms with Crippen LogP contribution in [0, 0.1) is 6.92 Å². The average molecular weight is 468 g/mol. The molecule has 0 saturated heterocycles. The normalized spacial score (nSPS) is 11.0. The van der Waals surface area contributed by atoms with Crippen LogP contribution in [-0.2, 0) is 17.6 Å². The molecule has 0 bridgehead atoms. The van der Waals surface area contributed by atoms with Crippen LogP contribution in [0.2, 0.25) is 0 Å². The molecule has 4 aromatic rings. The molecule has 0 saturated carbocycles. The van der Waals surface area contributed by atoms with E-state index in [1.807, 2.05) is 55.5 Å². The van der Waals surface area contributed by atoms with Crippen molar-refractivity contribution in [3.63, 3.8) is 0 Å². The number of nitrogens with one attached hydrogen (secondary N) is 1. The number of hydrogen-bond acceptors (Lipinski definition) is 5. The highest BCUT2D eigenvalue weighted by atomic mass is 32.1. The van der Waals surface area contributed by atoms with Crippen molar-refractivity contribution in [3.05, 3.63) is 107 Å². The summed E-state index contributed by atoms with van der Waals surface area (Å²) in [6, 6.07) is 19.6. The van der Waals surface area contributed by atoms with Crippen molar-refractivity contribution in [2.75, 3.05) is 5.32 Å². The van der Waals surface area contributed by atoms with Gasteiger partial charge in [0.2, 0.25) is 0 Å². The number of carbonyl (C=O) groups is 1. The Balaban J connectivity index is 1.61. The molecule has 0 aliphatic carbocycles. The van der Waals surface area contributed by atoms with Gasteiger partial charge in [0.1, 0.15) is 5.82 Å². The van der Waals surface area contributed by atoms with E-state index in [-0.39, 0.29) is 6.42 Å². The Labute approximate surface area is 203 Å². The summed E-state index contributed by atoms with van der Waals surface area (Å²) in [5.74, 6) is 0.543. The molecule has 34 heavy (non-hydrogen) atoms. The Morgan fingerprint density at radius 2 is 1.79 bits per heavy atom. The van der Waals surface area contributed by atoms with E-state index in [0.29, 0.717) is 12.2 Å². The quantitative estimate of drug-likeness (QED) is 0.265. The minimum absolute atomic E-state index is 0.00180. The molecular formula is C28H25N3O2S. The van der Waals surface area contributed by atoms with Gasteiger partial charge in [0.15, 0.2) is 5.82 Å². The largest absolute Gasteiger partial charge is 0.481 e. The van der Waals surface area contributed by atoms with E-state index in [1.54, 1.807) is 11.3 Å². The minimum Gasteiger partial charge on any atom is -0.481 e. The number of carboxylic acids is 1. The molecule has 170 valence electrons. The number of anilines is 2. The van der Waals surface area contributed by atoms with E-state index in [4.69, 9.17) is 15.1 Å². The molecule has 0 spiro atoms. The van der Waals surface area contributed by atoms with Crippen molar-refractivity contribution in [2.45, 2.75) is 19.8 Å². The van der Waals surface area contributed by atoms with Crippen LogP contribution in [-0.4, -0.2) is 21.0 Å². The number of benzene rings is 2. The van der Waals surface area contributed by atoms with Gasteiger partial charge < -0.3 is 10.4 Å². The summed E-state index contributed by atoms with van der Waals surface area (Å²) in [7, 11) is 0. The molecule has 0 atom stereocenters. The standard InChI is InChI=1S/C28H25N3O2S/c1-3-7-24-19(2)29-28(25-16-22(18-34-25)11-10-20-8-5-4-6-9-20)31-27(24)30-23-14-12-21(13-15-23)17-26(32)33/h3-6,8-16,18H,1,7,17H2,2H3,(H,32,33)(H,29,30,31)/b11-10+. The number of nitrogens with zero attached hydrogens (tertiary/aromatic N) is 2. The fraction of sp³-hybridized carbons (Fsp3) is 0.107. The summed E-state index contributed by atoms with van der Waals surface area (Å²) < 4.78 is 0. The number of aromatic nitrogens is 2. The SMILES string of the molecule is C=CCc1c(C)nc(-c2cc(/C=C/c3ccccc3)cs2)nc1Nc1ccc(CC(=O)O)cc1. The molecule has 0 aliphatic heterocycles. The minimum atomic E-state index is -0.848. The maximum atomic E-state index is 10.9. The van der Waals surface area contributed by atoms with Crippen LogP contribution in [0.3, 0.4) is 0 Å². The lowest BCUT2D eigenvalue weighted by Crippen LogP contribution is -2.05. The summed E-state index contributed by atoms with van der Waals surface area (Å²) in [6.45, 7) is 5.85. The van der Waals surface area contributed by atoms with Gasteiger partial charge in [-0.15, -0.1) is 17.9 Å². The number of aryl methyl sites for hydroxylation is 1. The van der Waals surface area contributed by atoms with Crippen molar-refractivity contribution >= 4 is 41.0 Å². The first-order chi connectivity index (χ1) is 16.5. The molecule has 0 aliphatic rings. The van der Waals surface area contributed by atoms with Gasteiger partial charge in [0.05, 0.1) is 11.3 Å². The van der Waals surface area contributed by atoms with E-state index in [9.17, 15) is 4.79 Å². The first-order valence-electron chi connectivity index (χ1n) is 10.9. The maximum Gasteiger partial charge on any atom is 0.307 e. The van der Waals surface area contributed by atoms with Gasteiger partial charge in [-0.2, -0.15) is 0 Å². The molecule has 2 N–H and O–H groups in total. The highest BCUT2D eigenvalue weighted by Gasteiger charge is 2.14. The number of allylic oxidation sites excluding steroid dienone is 1.